The van der Waals surface area contributed by atoms with Crippen LogP contribution in [0.15, 0.2) is 42.5 Å². The number of carbonyl (C=O) groups is 1. The van der Waals surface area contributed by atoms with Crippen molar-refractivity contribution in [1.82, 2.24) is 9.88 Å². The number of unbranched alkanes of at least 4 members (excludes halogenated alkanes) is 6. The molecule has 0 saturated heterocycles. The topological polar surface area (TPSA) is 36.1 Å². The fourth-order valence-electron chi connectivity index (χ4n) is 4.35. The van der Waals surface area contributed by atoms with Crippen LogP contribution in [0, 0.1) is 5.82 Å². The first-order valence-corrected chi connectivity index (χ1v) is 12.7. The Kier molecular flexibility index (Phi) is 9.80. The van der Waals surface area contributed by atoms with Crippen LogP contribution >= 0.6 is 11.6 Å². The number of fused-ring (bicyclic) bond motifs is 1. The summed E-state index contributed by atoms with van der Waals surface area (Å²) in [6.07, 6.45) is 9.45. The molecule has 0 spiro atoms. The lowest BCUT2D eigenvalue weighted by molar-refractivity contribution is -0.130. The molecule has 1 N–H and O–H groups in total. The molecule has 0 aliphatic carbocycles. The minimum absolute atomic E-state index is 0.146. The number of nitrogens with zero attached hydrogens (tertiary/aromatic N) is 1. The molecule has 178 valence electrons. The van der Waals surface area contributed by atoms with Gasteiger partial charge in [0.1, 0.15) is 5.82 Å². The Hall–Kier alpha value is -2.33. The average molecular weight is 471 g/mol. The Labute approximate surface area is 202 Å². The normalized spacial score (nSPS) is 11.3. The zero-order chi connectivity index (χ0) is 23.6. The van der Waals surface area contributed by atoms with Gasteiger partial charge in [0.05, 0.1) is 12.1 Å². The number of carbonyl (C=O) groups excluding carboxylic acids is 1. The molecule has 0 saturated carbocycles. The van der Waals surface area contributed by atoms with E-state index in [9.17, 15) is 9.18 Å². The molecule has 5 heteroatoms. The van der Waals surface area contributed by atoms with Crippen LogP contribution in [0.1, 0.15) is 70.8 Å². The maximum Gasteiger partial charge on any atom is 0.227 e. The van der Waals surface area contributed by atoms with Crippen molar-refractivity contribution in [2.75, 3.05) is 13.1 Å². The van der Waals surface area contributed by atoms with Crippen LogP contribution in [-0.4, -0.2) is 28.9 Å². The molecule has 3 aromatic rings. The second-order valence-corrected chi connectivity index (χ2v) is 9.29. The van der Waals surface area contributed by atoms with Crippen LogP contribution in [-0.2, 0) is 11.2 Å². The van der Waals surface area contributed by atoms with Crippen LogP contribution in [0.25, 0.3) is 22.2 Å². The minimum atomic E-state index is -0.277. The third kappa shape index (κ3) is 7.07. The summed E-state index contributed by atoms with van der Waals surface area (Å²) < 4.78 is 13.5. The van der Waals surface area contributed by atoms with Gasteiger partial charge in [-0.05, 0) is 66.4 Å². The fourth-order valence-corrected chi connectivity index (χ4v) is 4.52. The summed E-state index contributed by atoms with van der Waals surface area (Å²) in [6.45, 7) is 6.01. The van der Waals surface area contributed by atoms with E-state index in [1.165, 1.54) is 37.8 Å². The van der Waals surface area contributed by atoms with Gasteiger partial charge in [0.25, 0.3) is 0 Å². The van der Waals surface area contributed by atoms with Gasteiger partial charge in [0.15, 0.2) is 0 Å². The van der Waals surface area contributed by atoms with Crippen molar-refractivity contribution in [2.45, 2.75) is 71.6 Å². The van der Waals surface area contributed by atoms with Gasteiger partial charge in [-0.25, -0.2) is 4.39 Å². The standard InChI is InChI=1S/C28H36ClFN2O/c1-3-5-7-9-17-32(18-10-8-6-4-2)27(33)20-25-24-19-22(29)13-16-26(24)31-28(25)21-11-14-23(30)15-12-21/h11-16,19,31H,3-10,17-18,20H2,1-2H3. The zero-order valence-electron chi connectivity index (χ0n) is 19.9. The first-order valence-electron chi connectivity index (χ1n) is 12.4. The molecule has 3 nitrogen and oxygen atoms in total. The van der Waals surface area contributed by atoms with Gasteiger partial charge in [-0.3, -0.25) is 4.79 Å². The van der Waals surface area contributed by atoms with Gasteiger partial charge in [-0.15, -0.1) is 0 Å². The van der Waals surface area contributed by atoms with Crippen LogP contribution in [0.4, 0.5) is 4.39 Å². The van der Waals surface area contributed by atoms with Gasteiger partial charge in [0, 0.05) is 29.0 Å². The van der Waals surface area contributed by atoms with E-state index in [0.717, 1.165) is 66.5 Å². The van der Waals surface area contributed by atoms with E-state index in [4.69, 9.17) is 11.6 Å². The van der Waals surface area contributed by atoms with Crippen molar-refractivity contribution in [2.24, 2.45) is 0 Å². The fraction of sp³-hybridized carbons (Fsp3) is 0.464. The molecular formula is C28H36ClFN2O. The average Bonchev–Trinajstić information content (AvgIpc) is 3.15. The Balaban J connectivity index is 1.87. The monoisotopic (exact) mass is 470 g/mol. The molecule has 1 amide bonds. The number of nitrogens with one attached hydrogen (secondary N) is 1. The number of hydrogen-bond acceptors (Lipinski definition) is 1. The van der Waals surface area contributed by atoms with E-state index in [-0.39, 0.29) is 11.7 Å². The molecule has 0 fully saturated rings. The molecular weight excluding hydrogens is 435 g/mol. The van der Waals surface area contributed by atoms with Crippen molar-refractivity contribution >= 4 is 28.4 Å². The maximum atomic E-state index is 13.5. The quantitative estimate of drug-likeness (QED) is 0.251. The van der Waals surface area contributed by atoms with Crippen LogP contribution in [0.5, 0.6) is 0 Å². The maximum absolute atomic E-state index is 13.5. The van der Waals surface area contributed by atoms with E-state index in [2.05, 4.69) is 18.8 Å². The molecule has 3 rings (SSSR count). The Bertz CT molecular complexity index is 1020. The molecule has 0 aliphatic rings. The summed E-state index contributed by atoms with van der Waals surface area (Å²) in [5.74, 6) is -0.131. The van der Waals surface area contributed by atoms with Gasteiger partial charge >= 0.3 is 0 Å². The first-order chi connectivity index (χ1) is 16.0. The summed E-state index contributed by atoms with van der Waals surface area (Å²) >= 11 is 6.30. The number of hydrogen-bond donors (Lipinski definition) is 1. The lowest BCUT2D eigenvalue weighted by Crippen LogP contribution is -2.34. The smallest absolute Gasteiger partial charge is 0.227 e. The van der Waals surface area contributed by atoms with Gasteiger partial charge in [0.2, 0.25) is 5.91 Å². The Morgan fingerprint density at radius 1 is 0.909 bits per heavy atom. The molecule has 2 aromatic carbocycles. The highest BCUT2D eigenvalue weighted by atomic mass is 35.5. The summed E-state index contributed by atoms with van der Waals surface area (Å²) in [6, 6.07) is 12.1. The predicted molar refractivity (Wildman–Crippen MR) is 137 cm³/mol. The van der Waals surface area contributed by atoms with Gasteiger partial charge in [-0.2, -0.15) is 0 Å². The number of rotatable bonds is 13. The van der Waals surface area contributed by atoms with Crippen molar-refractivity contribution in [1.29, 1.82) is 0 Å². The van der Waals surface area contributed by atoms with Gasteiger partial charge in [-0.1, -0.05) is 64.0 Å². The number of H-pyrrole nitrogens is 1. The first kappa shape index (κ1) is 25.3. The Morgan fingerprint density at radius 3 is 2.15 bits per heavy atom. The van der Waals surface area contributed by atoms with Crippen LogP contribution in [0.2, 0.25) is 5.02 Å². The van der Waals surface area contributed by atoms with E-state index in [1.807, 2.05) is 23.1 Å². The number of halogens is 2. The lowest BCUT2D eigenvalue weighted by Gasteiger charge is -2.23. The highest BCUT2D eigenvalue weighted by molar-refractivity contribution is 6.31. The highest BCUT2D eigenvalue weighted by Crippen LogP contribution is 2.33. The van der Waals surface area contributed by atoms with Crippen molar-refractivity contribution in [3.63, 3.8) is 0 Å². The Morgan fingerprint density at radius 2 is 1.55 bits per heavy atom. The van der Waals surface area contributed by atoms with Crippen LogP contribution < -0.4 is 0 Å². The van der Waals surface area contributed by atoms with Crippen molar-refractivity contribution in [3.8, 4) is 11.3 Å². The van der Waals surface area contributed by atoms with Gasteiger partial charge < -0.3 is 9.88 Å². The van der Waals surface area contributed by atoms with E-state index in [0.29, 0.717) is 11.4 Å². The highest BCUT2D eigenvalue weighted by Gasteiger charge is 2.20. The summed E-state index contributed by atoms with van der Waals surface area (Å²) in [4.78, 5) is 19.0. The molecule has 0 atom stereocenters. The SMILES string of the molecule is CCCCCCN(CCCCCC)C(=O)Cc1c(-c2ccc(F)cc2)[nH]c2ccc(Cl)cc12. The van der Waals surface area contributed by atoms with Crippen molar-refractivity contribution < 1.29 is 9.18 Å². The molecule has 0 unspecified atom stereocenters. The number of amides is 1. The largest absolute Gasteiger partial charge is 0.354 e. The number of benzene rings is 2. The molecule has 0 radical (unpaired) electrons. The number of aromatic nitrogens is 1. The zero-order valence-corrected chi connectivity index (χ0v) is 20.7. The third-order valence-corrected chi connectivity index (χ3v) is 6.48. The molecule has 0 bridgehead atoms. The minimum Gasteiger partial charge on any atom is -0.354 e. The van der Waals surface area contributed by atoms with Crippen LogP contribution in [0.3, 0.4) is 0 Å². The summed E-state index contributed by atoms with van der Waals surface area (Å²) in [5, 5.41) is 1.59. The molecule has 1 heterocycles. The number of aromatic amines is 1. The van der Waals surface area contributed by atoms with E-state index >= 15 is 0 Å². The third-order valence-electron chi connectivity index (χ3n) is 6.24. The second-order valence-electron chi connectivity index (χ2n) is 8.85. The molecule has 1 aromatic heterocycles. The van der Waals surface area contributed by atoms with E-state index in [1.54, 1.807) is 12.1 Å². The summed E-state index contributed by atoms with van der Waals surface area (Å²) in [7, 11) is 0. The second kappa shape index (κ2) is 12.8. The molecule has 0 aliphatic heterocycles. The lowest BCUT2D eigenvalue weighted by atomic mass is 10.0. The van der Waals surface area contributed by atoms with Crippen molar-refractivity contribution in [3.05, 3.63) is 58.9 Å². The summed E-state index contributed by atoms with van der Waals surface area (Å²) in [5.41, 5.74) is 3.58. The van der Waals surface area contributed by atoms with E-state index < -0.39 is 0 Å². The predicted octanol–water partition coefficient (Wildman–Crippen LogP) is 8.16. The molecule has 33 heavy (non-hydrogen) atoms.